The second kappa shape index (κ2) is 8.52. The molecule has 18 heavy (non-hydrogen) atoms. The Kier molecular flexibility index (Phi) is 6.86. The molecule has 1 rings (SSSR count). The van der Waals surface area contributed by atoms with Gasteiger partial charge >= 0.3 is 0 Å². The van der Waals surface area contributed by atoms with Gasteiger partial charge in [0.25, 0.3) is 0 Å². The molecule has 96 valence electrons. The minimum atomic E-state index is 0.643. The van der Waals surface area contributed by atoms with Crippen molar-refractivity contribution in [3.8, 4) is 0 Å². The quantitative estimate of drug-likeness (QED) is 0.427. The number of hydrogen-bond donors (Lipinski definition) is 0. The number of benzene rings is 1. The van der Waals surface area contributed by atoms with Gasteiger partial charge in [0.2, 0.25) is 0 Å². The molecular formula is C18H24. The van der Waals surface area contributed by atoms with Crippen LogP contribution in [0.3, 0.4) is 0 Å². The molecule has 0 saturated heterocycles. The molecule has 0 N–H and O–H groups in total. The minimum absolute atomic E-state index is 0.643. The summed E-state index contributed by atoms with van der Waals surface area (Å²) in [5.74, 6) is 0.643. The van der Waals surface area contributed by atoms with Crippen LogP contribution in [0.15, 0.2) is 60.7 Å². The summed E-state index contributed by atoms with van der Waals surface area (Å²) in [5.41, 5.74) is 2.53. The highest BCUT2D eigenvalue weighted by molar-refractivity contribution is 5.50. The fourth-order valence-corrected chi connectivity index (χ4v) is 1.81. The van der Waals surface area contributed by atoms with Crippen molar-refractivity contribution >= 4 is 6.08 Å². The van der Waals surface area contributed by atoms with E-state index in [1.54, 1.807) is 0 Å². The lowest BCUT2D eigenvalue weighted by molar-refractivity contribution is 0.605. The summed E-state index contributed by atoms with van der Waals surface area (Å²) in [7, 11) is 0. The van der Waals surface area contributed by atoms with Crippen molar-refractivity contribution in [3.05, 3.63) is 66.3 Å². The molecule has 0 saturated carbocycles. The Morgan fingerprint density at radius 2 is 1.94 bits per heavy atom. The standard InChI is InChI=1S/C18H24/c1-16(2)10-9-12-17(3)11-7-8-15-18-13-5-4-6-14-18/h4-8,11,13-15,17H,1,9-10,12H2,2-3H3/b11-7+,15-8+. The first-order chi connectivity index (χ1) is 8.68. The largest absolute Gasteiger partial charge is 0.100 e. The fourth-order valence-electron chi connectivity index (χ4n) is 1.81. The summed E-state index contributed by atoms with van der Waals surface area (Å²) in [6, 6.07) is 10.4. The zero-order valence-corrected chi connectivity index (χ0v) is 11.6. The summed E-state index contributed by atoms with van der Waals surface area (Å²) >= 11 is 0. The van der Waals surface area contributed by atoms with Gasteiger partial charge in [0.1, 0.15) is 0 Å². The average molecular weight is 240 g/mol. The van der Waals surface area contributed by atoms with Crippen molar-refractivity contribution in [3.63, 3.8) is 0 Å². The van der Waals surface area contributed by atoms with Gasteiger partial charge in [0.15, 0.2) is 0 Å². The molecule has 0 spiro atoms. The van der Waals surface area contributed by atoms with Crippen molar-refractivity contribution in [2.24, 2.45) is 5.92 Å². The maximum absolute atomic E-state index is 3.93. The van der Waals surface area contributed by atoms with Crippen LogP contribution in [-0.2, 0) is 0 Å². The minimum Gasteiger partial charge on any atom is -0.100 e. The van der Waals surface area contributed by atoms with Gasteiger partial charge in [-0.1, -0.05) is 67.1 Å². The predicted octanol–water partition coefficient (Wildman–Crippen LogP) is 5.64. The summed E-state index contributed by atoms with van der Waals surface area (Å²) in [6.07, 6.45) is 12.3. The van der Waals surface area contributed by atoms with Crippen LogP contribution in [0, 0.1) is 5.92 Å². The van der Waals surface area contributed by atoms with E-state index in [0.717, 1.165) is 6.42 Å². The lowest BCUT2D eigenvalue weighted by atomic mass is 10.0. The SMILES string of the molecule is C=C(C)CCCC(C)/C=C/C=C/c1ccccc1. The molecular weight excluding hydrogens is 216 g/mol. The molecule has 0 aliphatic heterocycles. The van der Waals surface area contributed by atoms with Crippen LogP contribution in [0.4, 0.5) is 0 Å². The van der Waals surface area contributed by atoms with Crippen LogP contribution in [0.1, 0.15) is 38.7 Å². The number of rotatable bonds is 7. The summed E-state index contributed by atoms with van der Waals surface area (Å²) in [6.45, 7) is 8.30. The van der Waals surface area contributed by atoms with Crippen LogP contribution < -0.4 is 0 Å². The van der Waals surface area contributed by atoms with E-state index in [1.807, 2.05) is 6.07 Å². The first-order valence-electron chi connectivity index (χ1n) is 6.73. The highest BCUT2D eigenvalue weighted by atomic mass is 14.0. The molecule has 0 nitrogen and oxygen atoms in total. The first kappa shape index (κ1) is 14.5. The van der Waals surface area contributed by atoms with Crippen LogP contribution in [0.5, 0.6) is 0 Å². The first-order valence-corrected chi connectivity index (χ1v) is 6.73. The maximum atomic E-state index is 3.93. The molecule has 0 aliphatic rings. The number of hydrogen-bond acceptors (Lipinski definition) is 0. The summed E-state index contributed by atoms with van der Waals surface area (Å²) < 4.78 is 0. The van der Waals surface area contributed by atoms with Gasteiger partial charge in [-0.25, -0.2) is 0 Å². The van der Waals surface area contributed by atoms with Crippen LogP contribution in [0.2, 0.25) is 0 Å². The van der Waals surface area contributed by atoms with Crippen molar-refractivity contribution < 1.29 is 0 Å². The van der Waals surface area contributed by atoms with Crippen molar-refractivity contribution in [2.75, 3.05) is 0 Å². The van der Waals surface area contributed by atoms with E-state index < -0.39 is 0 Å². The maximum Gasteiger partial charge on any atom is -0.0257 e. The van der Waals surface area contributed by atoms with Gasteiger partial charge in [-0.3, -0.25) is 0 Å². The van der Waals surface area contributed by atoms with Crippen LogP contribution >= 0.6 is 0 Å². The van der Waals surface area contributed by atoms with Gasteiger partial charge in [0, 0.05) is 0 Å². The van der Waals surface area contributed by atoms with E-state index >= 15 is 0 Å². The van der Waals surface area contributed by atoms with Crippen LogP contribution in [0.25, 0.3) is 6.08 Å². The van der Waals surface area contributed by atoms with E-state index in [0.29, 0.717) is 5.92 Å². The normalized spacial score (nSPS) is 13.2. The molecule has 0 heteroatoms. The Hall–Kier alpha value is -1.56. The average Bonchev–Trinajstić information content (AvgIpc) is 2.35. The van der Waals surface area contributed by atoms with E-state index in [1.165, 1.54) is 24.0 Å². The van der Waals surface area contributed by atoms with E-state index in [4.69, 9.17) is 0 Å². The zero-order valence-electron chi connectivity index (χ0n) is 11.6. The molecule has 1 atom stereocenters. The second-order valence-electron chi connectivity index (χ2n) is 4.98. The Labute approximate surface area is 112 Å². The second-order valence-corrected chi connectivity index (χ2v) is 4.98. The molecule has 0 heterocycles. The molecule has 0 aliphatic carbocycles. The van der Waals surface area contributed by atoms with Crippen LogP contribution in [-0.4, -0.2) is 0 Å². The Morgan fingerprint density at radius 1 is 1.22 bits per heavy atom. The number of allylic oxidation sites excluding steroid dienone is 4. The third-order valence-corrected chi connectivity index (χ3v) is 2.90. The van der Waals surface area contributed by atoms with E-state index in [2.05, 4.69) is 69.0 Å². The molecule has 1 unspecified atom stereocenters. The lowest BCUT2D eigenvalue weighted by Crippen LogP contribution is -1.89. The lowest BCUT2D eigenvalue weighted by Gasteiger charge is -2.04. The Morgan fingerprint density at radius 3 is 2.61 bits per heavy atom. The van der Waals surface area contributed by atoms with Gasteiger partial charge in [-0.05, 0) is 37.7 Å². The van der Waals surface area contributed by atoms with Crippen molar-refractivity contribution in [2.45, 2.75) is 33.1 Å². The molecule has 1 aromatic carbocycles. The molecule has 0 radical (unpaired) electrons. The van der Waals surface area contributed by atoms with Gasteiger partial charge in [0.05, 0.1) is 0 Å². The smallest absolute Gasteiger partial charge is 0.0257 e. The zero-order chi connectivity index (χ0) is 13.2. The molecule has 0 aromatic heterocycles. The van der Waals surface area contributed by atoms with Gasteiger partial charge < -0.3 is 0 Å². The highest BCUT2D eigenvalue weighted by Gasteiger charge is 1.96. The van der Waals surface area contributed by atoms with Gasteiger partial charge in [-0.2, -0.15) is 0 Å². The third-order valence-electron chi connectivity index (χ3n) is 2.90. The third kappa shape index (κ3) is 6.90. The van der Waals surface area contributed by atoms with E-state index in [-0.39, 0.29) is 0 Å². The highest BCUT2D eigenvalue weighted by Crippen LogP contribution is 2.12. The molecule has 0 bridgehead atoms. The monoisotopic (exact) mass is 240 g/mol. The predicted molar refractivity (Wildman–Crippen MR) is 82.4 cm³/mol. The Balaban J connectivity index is 2.27. The van der Waals surface area contributed by atoms with Gasteiger partial charge in [-0.15, -0.1) is 6.58 Å². The fraction of sp³-hybridized carbons (Fsp3) is 0.333. The summed E-state index contributed by atoms with van der Waals surface area (Å²) in [4.78, 5) is 0. The summed E-state index contributed by atoms with van der Waals surface area (Å²) in [5, 5.41) is 0. The topological polar surface area (TPSA) is 0 Å². The Bertz CT molecular complexity index is 395. The van der Waals surface area contributed by atoms with Crippen molar-refractivity contribution in [1.82, 2.24) is 0 Å². The molecule has 1 aromatic rings. The molecule has 0 fully saturated rings. The molecule has 0 amide bonds. The van der Waals surface area contributed by atoms with E-state index in [9.17, 15) is 0 Å². The van der Waals surface area contributed by atoms with Crippen molar-refractivity contribution in [1.29, 1.82) is 0 Å².